The smallest absolute Gasteiger partial charge is 0.140 e. The van der Waals surface area contributed by atoms with Gasteiger partial charge >= 0.3 is 0 Å². The first-order valence-electron chi connectivity index (χ1n) is 8.70. The second kappa shape index (κ2) is 7.65. The zero-order valence-corrected chi connectivity index (χ0v) is 14.4. The van der Waals surface area contributed by atoms with Gasteiger partial charge in [0.2, 0.25) is 0 Å². The van der Waals surface area contributed by atoms with Crippen LogP contribution in [-0.2, 0) is 11.3 Å². The number of aromatic nitrogens is 2. The van der Waals surface area contributed by atoms with E-state index in [0.717, 1.165) is 31.8 Å². The normalized spacial score (nSPS) is 22.3. The first-order chi connectivity index (χ1) is 10.9. The molecule has 4 heterocycles. The zero-order chi connectivity index (χ0) is 14.8. The van der Waals surface area contributed by atoms with E-state index >= 15 is 0 Å². The molecular weight excluding hydrogens is 310 g/mol. The molecule has 0 saturated carbocycles. The van der Waals surface area contributed by atoms with E-state index in [1.165, 1.54) is 49.9 Å². The van der Waals surface area contributed by atoms with Crippen LogP contribution in [0.2, 0.25) is 0 Å². The van der Waals surface area contributed by atoms with Gasteiger partial charge in [0.15, 0.2) is 0 Å². The summed E-state index contributed by atoms with van der Waals surface area (Å²) in [5.41, 5.74) is 2.44. The maximum Gasteiger partial charge on any atom is 0.140 e. The van der Waals surface area contributed by atoms with Crippen LogP contribution in [0.25, 0.3) is 11.0 Å². The van der Waals surface area contributed by atoms with Crippen LogP contribution in [0.5, 0.6) is 0 Å². The van der Waals surface area contributed by atoms with Crippen molar-refractivity contribution in [2.24, 2.45) is 0 Å². The van der Waals surface area contributed by atoms with Crippen molar-refractivity contribution in [1.29, 1.82) is 0 Å². The fourth-order valence-corrected chi connectivity index (χ4v) is 3.84. The van der Waals surface area contributed by atoms with Crippen LogP contribution in [0.15, 0.2) is 24.4 Å². The third-order valence-electron chi connectivity index (χ3n) is 5.04. The largest absolute Gasteiger partial charge is 0.372 e. The Labute approximate surface area is 144 Å². The predicted molar refractivity (Wildman–Crippen MR) is 95.2 cm³/mol. The van der Waals surface area contributed by atoms with E-state index in [4.69, 9.17) is 4.74 Å². The lowest BCUT2D eigenvalue weighted by Gasteiger charge is -2.27. The van der Waals surface area contributed by atoms with Gasteiger partial charge < -0.3 is 14.2 Å². The number of hydrogen-bond acceptors (Lipinski definition) is 3. The average Bonchev–Trinajstić information content (AvgIpc) is 3.21. The second-order valence-electron chi connectivity index (χ2n) is 6.54. The number of nitrogens with zero attached hydrogens (tertiary/aromatic N) is 3. The molecule has 2 aromatic rings. The number of rotatable bonds is 4. The van der Waals surface area contributed by atoms with E-state index in [2.05, 4.69) is 26.6 Å². The quantitative estimate of drug-likeness (QED) is 0.851. The lowest BCUT2D eigenvalue weighted by molar-refractivity contribution is 0.105. The fourth-order valence-electron chi connectivity index (χ4n) is 3.84. The highest BCUT2D eigenvalue weighted by molar-refractivity contribution is 5.85. The lowest BCUT2D eigenvalue weighted by Crippen LogP contribution is -2.33. The molecule has 2 aliphatic heterocycles. The molecule has 126 valence electrons. The molecule has 0 aliphatic carbocycles. The van der Waals surface area contributed by atoms with Crippen molar-refractivity contribution in [2.75, 3.05) is 26.2 Å². The summed E-state index contributed by atoms with van der Waals surface area (Å²) in [4.78, 5) is 7.22. The summed E-state index contributed by atoms with van der Waals surface area (Å²) in [6.45, 7) is 5.55. The minimum absolute atomic E-state index is 0. The van der Waals surface area contributed by atoms with Gasteiger partial charge in [0.05, 0.1) is 6.10 Å². The number of piperidine rings is 1. The molecule has 0 N–H and O–H groups in total. The van der Waals surface area contributed by atoms with Crippen LogP contribution >= 0.6 is 12.4 Å². The van der Waals surface area contributed by atoms with E-state index in [-0.39, 0.29) is 18.5 Å². The number of halogens is 1. The maximum absolute atomic E-state index is 5.94. The zero-order valence-electron chi connectivity index (χ0n) is 13.6. The van der Waals surface area contributed by atoms with E-state index in [0.29, 0.717) is 0 Å². The molecule has 2 aliphatic rings. The molecule has 23 heavy (non-hydrogen) atoms. The summed E-state index contributed by atoms with van der Waals surface area (Å²) in [5.74, 6) is 0. The summed E-state index contributed by atoms with van der Waals surface area (Å²) >= 11 is 0. The molecule has 4 nitrogen and oxygen atoms in total. The SMILES string of the molecule is Cl.c1cnc2c(c1)cc([C@H]1CCCO1)n2CCN1CCCCC1. The summed E-state index contributed by atoms with van der Waals surface area (Å²) < 4.78 is 8.34. The maximum atomic E-state index is 5.94. The van der Waals surface area contributed by atoms with Crippen molar-refractivity contribution in [3.8, 4) is 0 Å². The molecule has 0 radical (unpaired) electrons. The Morgan fingerprint density at radius 1 is 1.13 bits per heavy atom. The predicted octanol–water partition coefficient (Wildman–Crippen LogP) is 3.80. The number of ether oxygens (including phenoxy) is 1. The summed E-state index contributed by atoms with van der Waals surface area (Å²) in [6.07, 6.45) is 8.57. The third kappa shape index (κ3) is 3.54. The van der Waals surface area contributed by atoms with Gasteiger partial charge in [-0.25, -0.2) is 4.98 Å². The fraction of sp³-hybridized carbons (Fsp3) is 0.611. The molecule has 0 unspecified atom stereocenters. The van der Waals surface area contributed by atoms with E-state index < -0.39 is 0 Å². The minimum atomic E-state index is 0. The summed E-state index contributed by atoms with van der Waals surface area (Å²) in [7, 11) is 0. The van der Waals surface area contributed by atoms with Crippen LogP contribution in [0.3, 0.4) is 0 Å². The highest BCUT2D eigenvalue weighted by atomic mass is 35.5. The average molecular weight is 336 g/mol. The van der Waals surface area contributed by atoms with Gasteiger partial charge in [-0.15, -0.1) is 12.4 Å². The Morgan fingerprint density at radius 3 is 2.78 bits per heavy atom. The van der Waals surface area contributed by atoms with Crippen molar-refractivity contribution >= 4 is 23.4 Å². The van der Waals surface area contributed by atoms with Gasteiger partial charge in [-0.3, -0.25) is 0 Å². The molecule has 0 aromatic carbocycles. The molecule has 1 atom stereocenters. The minimum Gasteiger partial charge on any atom is -0.372 e. The molecule has 4 rings (SSSR count). The molecule has 2 aromatic heterocycles. The highest BCUT2D eigenvalue weighted by Crippen LogP contribution is 2.32. The number of hydrogen-bond donors (Lipinski definition) is 0. The van der Waals surface area contributed by atoms with Crippen LogP contribution in [0, 0.1) is 0 Å². The molecule has 0 amide bonds. The van der Waals surface area contributed by atoms with Crippen LogP contribution < -0.4 is 0 Å². The van der Waals surface area contributed by atoms with Crippen molar-refractivity contribution < 1.29 is 4.74 Å². The lowest BCUT2D eigenvalue weighted by atomic mass is 10.1. The van der Waals surface area contributed by atoms with Crippen molar-refractivity contribution in [3.63, 3.8) is 0 Å². The molecular formula is C18H26ClN3O. The summed E-state index contributed by atoms with van der Waals surface area (Å²) in [5, 5.41) is 1.24. The van der Waals surface area contributed by atoms with Crippen molar-refractivity contribution in [3.05, 3.63) is 30.1 Å². The number of pyridine rings is 1. The van der Waals surface area contributed by atoms with E-state index in [1.807, 2.05) is 12.3 Å². The van der Waals surface area contributed by atoms with Crippen LogP contribution in [-0.4, -0.2) is 40.7 Å². The van der Waals surface area contributed by atoms with Crippen molar-refractivity contribution in [1.82, 2.24) is 14.5 Å². The molecule has 2 saturated heterocycles. The van der Waals surface area contributed by atoms with Crippen LogP contribution in [0.1, 0.15) is 43.9 Å². The number of fused-ring (bicyclic) bond motifs is 1. The standard InChI is InChI=1S/C18H25N3O.ClH/c1-2-9-20(10-3-1)11-12-21-16(17-7-5-13-22-17)14-15-6-4-8-19-18(15)21;/h4,6,8,14,17H,1-3,5,7,9-13H2;1H/t17-;/m1./s1. The Kier molecular flexibility index (Phi) is 5.57. The molecule has 0 bridgehead atoms. The first kappa shape index (κ1) is 16.7. The van der Waals surface area contributed by atoms with Crippen molar-refractivity contribution in [2.45, 2.75) is 44.8 Å². The molecule has 5 heteroatoms. The third-order valence-corrected chi connectivity index (χ3v) is 5.04. The monoisotopic (exact) mass is 335 g/mol. The Bertz CT molecular complexity index is 630. The van der Waals surface area contributed by atoms with Gasteiger partial charge in [0, 0.05) is 37.0 Å². The Hall–Kier alpha value is -1.10. The second-order valence-corrected chi connectivity index (χ2v) is 6.54. The molecule has 2 fully saturated rings. The van der Waals surface area contributed by atoms with Gasteiger partial charge in [0.1, 0.15) is 5.65 Å². The Morgan fingerprint density at radius 2 is 2.00 bits per heavy atom. The van der Waals surface area contributed by atoms with E-state index in [1.54, 1.807) is 0 Å². The summed E-state index contributed by atoms with van der Waals surface area (Å²) in [6, 6.07) is 6.48. The molecule has 0 spiro atoms. The van der Waals surface area contributed by atoms with E-state index in [9.17, 15) is 0 Å². The number of likely N-dealkylation sites (tertiary alicyclic amines) is 1. The van der Waals surface area contributed by atoms with Gasteiger partial charge in [-0.05, 0) is 57.0 Å². The van der Waals surface area contributed by atoms with Gasteiger partial charge in [0.25, 0.3) is 0 Å². The van der Waals surface area contributed by atoms with Crippen LogP contribution in [0.4, 0.5) is 0 Å². The first-order valence-corrected chi connectivity index (χ1v) is 8.70. The topological polar surface area (TPSA) is 30.3 Å². The highest BCUT2D eigenvalue weighted by Gasteiger charge is 2.23. The Balaban J connectivity index is 0.00000156. The van der Waals surface area contributed by atoms with Gasteiger partial charge in [-0.1, -0.05) is 6.42 Å². The van der Waals surface area contributed by atoms with Gasteiger partial charge in [-0.2, -0.15) is 0 Å².